The Balaban J connectivity index is 1.41. The molecule has 3 rings (SSSR count). The number of halogens is 1. The van der Waals surface area contributed by atoms with E-state index in [0.717, 1.165) is 43.8 Å². The molecule has 1 aliphatic heterocycles. The SMILES string of the molecule is CCN([C@H]1CC[C@H](CCN2CCC(Cc3cc(OC)ccc3Br)C2)CC1)S(C)(=O)=O. The fourth-order valence-electron chi connectivity index (χ4n) is 5.28. The summed E-state index contributed by atoms with van der Waals surface area (Å²) in [5.74, 6) is 2.37. The summed E-state index contributed by atoms with van der Waals surface area (Å²) in [7, 11) is -1.36. The van der Waals surface area contributed by atoms with E-state index in [4.69, 9.17) is 4.74 Å². The first-order chi connectivity index (χ1) is 14.3. The summed E-state index contributed by atoms with van der Waals surface area (Å²) in [5.41, 5.74) is 1.34. The number of methoxy groups -OCH3 is 1. The molecule has 170 valence electrons. The van der Waals surface area contributed by atoms with E-state index in [0.29, 0.717) is 12.5 Å². The molecule has 0 spiro atoms. The second-order valence-corrected chi connectivity index (χ2v) is 11.8. The third-order valence-electron chi connectivity index (χ3n) is 6.95. The van der Waals surface area contributed by atoms with Gasteiger partial charge in [0.05, 0.1) is 13.4 Å². The van der Waals surface area contributed by atoms with E-state index in [2.05, 4.69) is 33.0 Å². The van der Waals surface area contributed by atoms with Crippen molar-refractivity contribution in [1.29, 1.82) is 0 Å². The zero-order valence-corrected chi connectivity index (χ0v) is 21.1. The van der Waals surface area contributed by atoms with Gasteiger partial charge in [-0.1, -0.05) is 22.9 Å². The van der Waals surface area contributed by atoms with Crippen molar-refractivity contribution in [1.82, 2.24) is 9.21 Å². The van der Waals surface area contributed by atoms with Crippen molar-refractivity contribution in [3.05, 3.63) is 28.2 Å². The van der Waals surface area contributed by atoms with Crippen molar-refractivity contribution in [2.45, 2.75) is 57.9 Å². The zero-order chi connectivity index (χ0) is 21.7. The van der Waals surface area contributed by atoms with Gasteiger partial charge in [0, 0.05) is 23.6 Å². The second kappa shape index (κ2) is 10.8. The first-order valence-corrected chi connectivity index (χ1v) is 14.0. The van der Waals surface area contributed by atoms with Crippen LogP contribution in [0.4, 0.5) is 0 Å². The highest BCUT2D eigenvalue weighted by atomic mass is 79.9. The van der Waals surface area contributed by atoms with Crippen LogP contribution >= 0.6 is 15.9 Å². The highest BCUT2D eigenvalue weighted by molar-refractivity contribution is 9.10. The quantitative estimate of drug-likeness (QED) is 0.498. The van der Waals surface area contributed by atoms with Crippen LogP contribution in [0.1, 0.15) is 51.0 Å². The standard InChI is InChI=1S/C23H37BrN2O3S/c1-4-26(30(3,27)28)21-7-5-18(6-8-21)11-13-25-14-12-19(17-25)15-20-16-22(29-2)9-10-23(20)24/h9-10,16,18-19,21H,4-8,11-15,17H2,1-3H3/t18-,19?,21-. The molecule has 1 atom stereocenters. The average molecular weight is 502 g/mol. The molecule has 1 unspecified atom stereocenters. The van der Waals surface area contributed by atoms with E-state index < -0.39 is 10.0 Å². The summed E-state index contributed by atoms with van der Waals surface area (Å²) in [6, 6.07) is 6.44. The van der Waals surface area contributed by atoms with E-state index in [1.54, 1.807) is 11.4 Å². The summed E-state index contributed by atoms with van der Waals surface area (Å²) < 4.78 is 32.2. The number of hydrogen-bond acceptors (Lipinski definition) is 4. The van der Waals surface area contributed by atoms with Gasteiger partial charge >= 0.3 is 0 Å². The normalized spacial score (nSPS) is 25.7. The molecule has 5 nitrogen and oxygen atoms in total. The van der Waals surface area contributed by atoms with Crippen LogP contribution in [-0.2, 0) is 16.4 Å². The summed E-state index contributed by atoms with van der Waals surface area (Å²) in [6.45, 7) is 6.08. The van der Waals surface area contributed by atoms with Crippen LogP contribution < -0.4 is 4.74 Å². The molecule has 1 aliphatic carbocycles. The minimum atomic E-state index is -3.08. The number of likely N-dealkylation sites (tertiary alicyclic amines) is 1. The van der Waals surface area contributed by atoms with E-state index in [1.807, 2.05) is 13.0 Å². The highest BCUT2D eigenvalue weighted by Gasteiger charge is 2.30. The van der Waals surface area contributed by atoms with E-state index in [-0.39, 0.29) is 6.04 Å². The third-order valence-corrected chi connectivity index (χ3v) is 9.13. The maximum Gasteiger partial charge on any atom is 0.211 e. The van der Waals surface area contributed by atoms with Gasteiger partial charge in [-0.2, -0.15) is 4.31 Å². The molecule has 0 radical (unpaired) electrons. The van der Waals surface area contributed by atoms with Gasteiger partial charge in [0.2, 0.25) is 10.0 Å². The van der Waals surface area contributed by atoms with Crippen molar-refractivity contribution in [3.8, 4) is 5.75 Å². The number of ether oxygens (including phenoxy) is 1. The Morgan fingerprint density at radius 2 is 1.90 bits per heavy atom. The fraction of sp³-hybridized carbons (Fsp3) is 0.739. The molecule has 7 heteroatoms. The number of hydrogen-bond donors (Lipinski definition) is 0. The third kappa shape index (κ3) is 6.44. The van der Waals surface area contributed by atoms with Crippen molar-refractivity contribution < 1.29 is 13.2 Å². The summed E-state index contributed by atoms with van der Waals surface area (Å²) in [5, 5.41) is 0. The van der Waals surface area contributed by atoms with Crippen molar-refractivity contribution in [2.75, 3.05) is 39.5 Å². The van der Waals surface area contributed by atoms with Crippen molar-refractivity contribution in [2.24, 2.45) is 11.8 Å². The van der Waals surface area contributed by atoms with E-state index in [9.17, 15) is 8.42 Å². The second-order valence-electron chi connectivity index (χ2n) is 9.05. The Hall–Kier alpha value is -0.630. The van der Waals surface area contributed by atoms with Crippen LogP contribution in [0.2, 0.25) is 0 Å². The van der Waals surface area contributed by atoms with Crippen LogP contribution in [0.25, 0.3) is 0 Å². The molecule has 1 saturated heterocycles. The Kier molecular flexibility index (Phi) is 8.64. The summed E-state index contributed by atoms with van der Waals surface area (Å²) in [6.07, 6.45) is 9.28. The maximum absolute atomic E-state index is 12.0. The molecule has 0 aromatic heterocycles. The Morgan fingerprint density at radius 1 is 1.17 bits per heavy atom. The van der Waals surface area contributed by atoms with Gasteiger partial charge in [-0.05, 0) is 93.6 Å². The molecule has 2 fully saturated rings. The zero-order valence-electron chi connectivity index (χ0n) is 18.6. The summed E-state index contributed by atoms with van der Waals surface area (Å²) >= 11 is 3.69. The maximum atomic E-state index is 12.0. The molecule has 1 aromatic rings. The number of rotatable bonds is 9. The molecule has 1 heterocycles. The molecule has 30 heavy (non-hydrogen) atoms. The molecular weight excluding hydrogens is 464 g/mol. The lowest BCUT2D eigenvalue weighted by molar-refractivity contribution is 0.198. The summed E-state index contributed by atoms with van der Waals surface area (Å²) in [4.78, 5) is 2.62. The Morgan fingerprint density at radius 3 is 2.53 bits per heavy atom. The first-order valence-electron chi connectivity index (χ1n) is 11.3. The predicted octanol–water partition coefficient (Wildman–Crippen LogP) is 4.55. The fourth-order valence-corrected chi connectivity index (χ4v) is 6.91. The van der Waals surface area contributed by atoms with Crippen molar-refractivity contribution in [3.63, 3.8) is 0 Å². The molecule has 0 N–H and O–H groups in total. The predicted molar refractivity (Wildman–Crippen MR) is 127 cm³/mol. The van der Waals surface area contributed by atoms with Gasteiger partial charge < -0.3 is 9.64 Å². The van der Waals surface area contributed by atoms with Gasteiger partial charge in [-0.15, -0.1) is 0 Å². The van der Waals surface area contributed by atoms with Crippen LogP contribution in [0.5, 0.6) is 5.75 Å². The molecule has 1 aromatic carbocycles. The lowest BCUT2D eigenvalue weighted by atomic mass is 9.84. The number of benzene rings is 1. The van der Waals surface area contributed by atoms with Gasteiger partial charge in [0.15, 0.2) is 0 Å². The van der Waals surface area contributed by atoms with Crippen molar-refractivity contribution >= 4 is 26.0 Å². The average Bonchev–Trinajstić information content (AvgIpc) is 3.16. The molecular formula is C23H37BrN2O3S. The van der Waals surface area contributed by atoms with Crippen LogP contribution in [0.15, 0.2) is 22.7 Å². The van der Waals surface area contributed by atoms with Crippen LogP contribution in [0.3, 0.4) is 0 Å². The Bertz CT molecular complexity index is 794. The minimum absolute atomic E-state index is 0.207. The van der Waals surface area contributed by atoms with Crippen LogP contribution in [-0.4, -0.2) is 63.2 Å². The first kappa shape index (κ1) is 24.0. The van der Waals surface area contributed by atoms with E-state index in [1.165, 1.54) is 48.8 Å². The lowest BCUT2D eigenvalue weighted by Crippen LogP contribution is -2.41. The highest BCUT2D eigenvalue weighted by Crippen LogP contribution is 2.32. The largest absolute Gasteiger partial charge is 0.497 e. The molecule has 0 bridgehead atoms. The Labute approximate surface area is 191 Å². The monoisotopic (exact) mass is 500 g/mol. The van der Waals surface area contributed by atoms with Crippen LogP contribution in [0, 0.1) is 11.8 Å². The van der Waals surface area contributed by atoms with Gasteiger partial charge in [-0.3, -0.25) is 0 Å². The minimum Gasteiger partial charge on any atom is -0.497 e. The van der Waals surface area contributed by atoms with E-state index >= 15 is 0 Å². The van der Waals surface area contributed by atoms with Gasteiger partial charge in [-0.25, -0.2) is 8.42 Å². The number of nitrogens with zero attached hydrogens (tertiary/aromatic N) is 2. The lowest BCUT2D eigenvalue weighted by Gasteiger charge is -2.35. The smallest absolute Gasteiger partial charge is 0.211 e. The molecule has 2 aliphatic rings. The van der Waals surface area contributed by atoms with Gasteiger partial charge in [0.1, 0.15) is 5.75 Å². The topological polar surface area (TPSA) is 49.9 Å². The molecule has 0 amide bonds. The molecule has 1 saturated carbocycles. The van der Waals surface area contributed by atoms with Gasteiger partial charge in [0.25, 0.3) is 0 Å². The number of sulfonamides is 1.